The Morgan fingerprint density at radius 3 is 2.33 bits per heavy atom. The summed E-state index contributed by atoms with van der Waals surface area (Å²) in [6, 6.07) is 14.3. The van der Waals surface area contributed by atoms with Gasteiger partial charge in [-0.05, 0) is 48.5 Å². The van der Waals surface area contributed by atoms with Gasteiger partial charge in [-0.1, -0.05) is 11.8 Å². The van der Waals surface area contributed by atoms with Crippen molar-refractivity contribution in [1.29, 1.82) is 0 Å². The van der Waals surface area contributed by atoms with E-state index in [0.717, 1.165) is 5.75 Å². The summed E-state index contributed by atoms with van der Waals surface area (Å²) in [5.74, 6) is 2.26. The molecule has 1 aromatic carbocycles. The molecular formula is C21H18N4O4S. The largest absolute Gasteiger partial charge is 0.497 e. The minimum atomic E-state index is -0.0981. The fourth-order valence-corrected chi connectivity index (χ4v) is 3.39. The third-order valence-corrected chi connectivity index (χ3v) is 4.95. The van der Waals surface area contributed by atoms with Crippen molar-refractivity contribution in [3.63, 3.8) is 0 Å². The van der Waals surface area contributed by atoms with Crippen LogP contribution in [0, 0.1) is 0 Å². The Morgan fingerprint density at radius 2 is 1.70 bits per heavy atom. The average Bonchev–Trinajstić information content (AvgIpc) is 3.48. The molecule has 0 unspecified atom stereocenters. The Hall–Kier alpha value is -3.59. The molecule has 4 rings (SSSR count). The molecule has 3 aromatic heterocycles. The van der Waals surface area contributed by atoms with Gasteiger partial charge in [-0.15, -0.1) is 10.2 Å². The maximum Gasteiger partial charge on any atom is 0.225 e. The Kier molecular flexibility index (Phi) is 6.09. The summed E-state index contributed by atoms with van der Waals surface area (Å²) < 4.78 is 16.0. The van der Waals surface area contributed by atoms with Gasteiger partial charge in [0.25, 0.3) is 0 Å². The molecule has 0 aliphatic carbocycles. The van der Waals surface area contributed by atoms with Crippen LogP contribution in [0.4, 0.5) is 5.69 Å². The van der Waals surface area contributed by atoms with Crippen molar-refractivity contribution in [1.82, 2.24) is 15.2 Å². The maximum atomic E-state index is 12.2. The number of nitrogens with zero attached hydrogens (tertiary/aromatic N) is 3. The van der Waals surface area contributed by atoms with Crippen LogP contribution in [-0.2, 0) is 4.79 Å². The van der Waals surface area contributed by atoms with Crippen LogP contribution in [0.2, 0.25) is 0 Å². The number of aromatic nitrogens is 3. The number of ether oxygens (including phenoxy) is 1. The van der Waals surface area contributed by atoms with Crippen LogP contribution in [0.3, 0.4) is 0 Å². The van der Waals surface area contributed by atoms with Gasteiger partial charge in [0.05, 0.1) is 19.6 Å². The highest BCUT2D eigenvalue weighted by Gasteiger charge is 2.18. The third kappa shape index (κ3) is 4.69. The minimum absolute atomic E-state index is 0.0981. The monoisotopic (exact) mass is 422 g/mol. The molecule has 8 nitrogen and oxygen atoms in total. The number of anilines is 1. The van der Waals surface area contributed by atoms with Gasteiger partial charge in [-0.25, -0.2) is 4.98 Å². The number of hydrogen-bond donors (Lipinski definition) is 1. The van der Waals surface area contributed by atoms with Gasteiger partial charge in [0.2, 0.25) is 11.1 Å². The van der Waals surface area contributed by atoms with E-state index >= 15 is 0 Å². The summed E-state index contributed by atoms with van der Waals surface area (Å²) in [4.78, 5) is 16.7. The van der Waals surface area contributed by atoms with Crippen molar-refractivity contribution >= 4 is 23.4 Å². The number of amides is 1. The Balaban J connectivity index is 1.40. The first-order valence-electron chi connectivity index (χ1n) is 9.12. The van der Waals surface area contributed by atoms with E-state index in [4.69, 9.17) is 13.6 Å². The van der Waals surface area contributed by atoms with E-state index in [1.165, 1.54) is 11.8 Å². The molecule has 0 saturated heterocycles. The topological polar surface area (TPSA) is 103 Å². The fourth-order valence-electron chi connectivity index (χ4n) is 2.67. The summed E-state index contributed by atoms with van der Waals surface area (Å²) in [6.45, 7) is 0. The second-order valence-electron chi connectivity index (χ2n) is 6.12. The van der Waals surface area contributed by atoms with Crippen molar-refractivity contribution < 1.29 is 18.4 Å². The quantitative estimate of drug-likeness (QED) is 0.413. The lowest BCUT2D eigenvalue weighted by atomic mass is 10.2. The lowest BCUT2D eigenvalue weighted by molar-refractivity contribution is -0.115. The highest BCUT2D eigenvalue weighted by molar-refractivity contribution is 7.99. The van der Waals surface area contributed by atoms with Crippen molar-refractivity contribution in [3.05, 3.63) is 61.1 Å². The molecule has 0 fully saturated rings. The molecule has 1 N–H and O–H groups in total. The van der Waals surface area contributed by atoms with E-state index in [-0.39, 0.29) is 5.91 Å². The lowest BCUT2D eigenvalue weighted by Gasteiger charge is -2.07. The van der Waals surface area contributed by atoms with E-state index in [9.17, 15) is 4.79 Å². The van der Waals surface area contributed by atoms with Gasteiger partial charge in [-0.3, -0.25) is 4.79 Å². The molecule has 1 amide bonds. The summed E-state index contributed by atoms with van der Waals surface area (Å²) in [5.41, 5.74) is 1.75. The molecular weight excluding hydrogens is 404 g/mol. The van der Waals surface area contributed by atoms with E-state index in [0.29, 0.717) is 45.9 Å². The van der Waals surface area contributed by atoms with E-state index < -0.39 is 0 Å². The number of hydrogen-bond acceptors (Lipinski definition) is 8. The van der Waals surface area contributed by atoms with Crippen molar-refractivity contribution in [3.8, 4) is 28.7 Å². The first kappa shape index (κ1) is 19.7. The van der Waals surface area contributed by atoms with Gasteiger partial charge in [0, 0.05) is 17.9 Å². The van der Waals surface area contributed by atoms with Gasteiger partial charge in [-0.2, -0.15) is 0 Å². The van der Waals surface area contributed by atoms with Crippen molar-refractivity contribution in [2.45, 2.75) is 11.6 Å². The normalized spacial score (nSPS) is 10.7. The zero-order chi connectivity index (χ0) is 20.8. The minimum Gasteiger partial charge on any atom is -0.497 e. The first-order valence-corrected chi connectivity index (χ1v) is 10.1. The number of furan rings is 2. The molecule has 0 aliphatic heterocycles. The smallest absolute Gasteiger partial charge is 0.225 e. The number of nitrogens with one attached hydrogen (secondary N) is 1. The fraction of sp³-hybridized carbons (Fsp3) is 0.143. The third-order valence-electron chi connectivity index (χ3n) is 4.11. The highest BCUT2D eigenvalue weighted by atomic mass is 32.2. The molecule has 0 radical (unpaired) electrons. The van der Waals surface area contributed by atoms with Crippen LogP contribution >= 0.6 is 11.8 Å². The standard InChI is InChI=1S/C21H18N4O4S/c1-27-15-8-6-14(7-9-15)22-18(26)10-13-30-21-23-19(16-4-2-11-28-16)20(24-25-21)17-5-3-12-29-17/h2-9,11-12H,10,13H2,1H3,(H,22,26). The van der Waals surface area contributed by atoms with Gasteiger partial charge >= 0.3 is 0 Å². The number of rotatable bonds is 8. The summed E-state index contributed by atoms with van der Waals surface area (Å²) in [7, 11) is 1.60. The molecule has 9 heteroatoms. The number of methoxy groups -OCH3 is 1. The first-order chi connectivity index (χ1) is 14.7. The Labute approximate surface area is 176 Å². The lowest BCUT2D eigenvalue weighted by Crippen LogP contribution is -2.12. The van der Waals surface area contributed by atoms with Crippen LogP contribution in [0.5, 0.6) is 5.75 Å². The van der Waals surface area contributed by atoms with E-state index in [1.54, 1.807) is 68.2 Å². The zero-order valence-electron chi connectivity index (χ0n) is 16.1. The molecule has 0 saturated carbocycles. The zero-order valence-corrected chi connectivity index (χ0v) is 16.9. The van der Waals surface area contributed by atoms with Crippen LogP contribution in [-0.4, -0.2) is 34.0 Å². The number of carbonyl (C=O) groups is 1. The molecule has 4 aromatic rings. The second kappa shape index (κ2) is 9.27. The summed E-state index contributed by atoms with van der Waals surface area (Å²) in [5, 5.41) is 11.7. The molecule has 30 heavy (non-hydrogen) atoms. The second-order valence-corrected chi connectivity index (χ2v) is 7.18. The molecule has 0 spiro atoms. The number of benzene rings is 1. The van der Waals surface area contributed by atoms with Crippen molar-refractivity contribution in [2.75, 3.05) is 18.2 Å². The van der Waals surface area contributed by atoms with Crippen LogP contribution in [0.15, 0.2) is 75.0 Å². The molecule has 152 valence electrons. The van der Waals surface area contributed by atoms with Gasteiger partial charge in [0.15, 0.2) is 17.2 Å². The molecule has 3 heterocycles. The Bertz CT molecular complexity index is 1100. The number of thioether (sulfide) groups is 1. The van der Waals surface area contributed by atoms with Crippen LogP contribution < -0.4 is 10.1 Å². The van der Waals surface area contributed by atoms with Crippen molar-refractivity contribution in [2.24, 2.45) is 0 Å². The SMILES string of the molecule is COc1ccc(NC(=O)CCSc2nnc(-c3ccco3)c(-c3ccco3)n2)cc1. The number of carbonyl (C=O) groups excluding carboxylic acids is 1. The van der Waals surface area contributed by atoms with E-state index in [2.05, 4.69) is 20.5 Å². The predicted molar refractivity (Wildman–Crippen MR) is 112 cm³/mol. The molecule has 0 bridgehead atoms. The molecule has 0 atom stereocenters. The van der Waals surface area contributed by atoms with Gasteiger partial charge < -0.3 is 18.9 Å². The maximum absolute atomic E-state index is 12.2. The average molecular weight is 422 g/mol. The van der Waals surface area contributed by atoms with Crippen LogP contribution in [0.25, 0.3) is 22.9 Å². The Morgan fingerprint density at radius 1 is 1.00 bits per heavy atom. The molecule has 0 aliphatic rings. The summed E-state index contributed by atoms with van der Waals surface area (Å²) >= 11 is 1.34. The predicted octanol–water partition coefficient (Wildman–Crippen LogP) is 4.52. The summed E-state index contributed by atoms with van der Waals surface area (Å²) in [6.07, 6.45) is 3.43. The van der Waals surface area contributed by atoms with E-state index in [1.807, 2.05) is 0 Å². The highest BCUT2D eigenvalue weighted by Crippen LogP contribution is 2.30. The van der Waals surface area contributed by atoms with Gasteiger partial charge in [0.1, 0.15) is 11.4 Å². The van der Waals surface area contributed by atoms with Crippen LogP contribution in [0.1, 0.15) is 6.42 Å².